The van der Waals surface area contributed by atoms with Crippen molar-refractivity contribution in [2.75, 3.05) is 10.8 Å². The molecule has 3 rings (SSSR count). The fourth-order valence-corrected chi connectivity index (χ4v) is 4.38. The number of non-ortho nitro benzene ring substituents is 1. The molecule has 0 N–H and O–H groups in total. The monoisotopic (exact) mass is 346 g/mol. The van der Waals surface area contributed by atoms with E-state index in [0.29, 0.717) is 16.8 Å². The third kappa shape index (κ3) is 2.54. The van der Waals surface area contributed by atoms with E-state index in [9.17, 15) is 23.3 Å². The third-order valence-corrected chi connectivity index (χ3v) is 5.74. The van der Waals surface area contributed by atoms with E-state index < -0.39 is 14.9 Å². The number of benzene rings is 2. The number of aryl methyl sites for hydroxylation is 1. The number of ketones is 1. The number of para-hydroxylation sites is 1. The van der Waals surface area contributed by atoms with Crippen LogP contribution in [0.25, 0.3) is 0 Å². The maximum Gasteiger partial charge on any atom is 0.270 e. The number of anilines is 1. The van der Waals surface area contributed by atoms with Crippen molar-refractivity contribution in [2.45, 2.75) is 18.2 Å². The number of Topliss-reactive ketones (excluding diaryl/α,β-unsaturated/α-hetero) is 1. The highest BCUT2D eigenvalue weighted by Gasteiger charge is 2.33. The summed E-state index contributed by atoms with van der Waals surface area (Å²) in [6.07, 6.45) is 0.0740. The first-order chi connectivity index (χ1) is 11.3. The Balaban J connectivity index is 2.16. The van der Waals surface area contributed by atoms with Crippen LogP contribution in [0, 0.1) is 17.0 Å². The highest BCUT2D eigenvalue weighted by molar-refractivity contribution is 7.92. The topological polar surface area (TPSA) is 97.6 Å². The van der Waals surface area contributed by atoms with Gasteiger partial charge in [0, 0.05) is 30.7 Å². The molecule has 0 bridgehead atoms. The Hall–Kier alpha value is -2.74. The van der Waals surface area contributed by atoms with Gasteiger partial charge in [0.05, 0.1) is 15.5 Å². The van der Waals surface area contributed by atoms with E-state index in [1.54, 1.807) is 25.1 Å². The quantitative estimate of drug-likeness (QED) is 0.628. The van der Waals surface area contributed by atoms with Crippen LogP contribution >= 0.6 is 0 Å². The van der Waals surface area contributed by atoms with E-state index in [1.165, 1.54) is 18.2 Å². The minimum atomic E-state index is -4.00. The van der Waals surface area contributed by atoms with Crippen LogP contribution in [0.15, 0.2) is 47.4 Å². The van der Waals surface area contributed by atoms with Crippen LogP contribution in [-0.4, -0.2) is 25.7 Å². The molecule has 1 aliphatic heterocycles. The second kappa shape index (κ2) is 5.72. The lowest BCUT2D eigenvalue weighted by atomic mass is 9.99. The van der Waals surface area contributed by atoms with Gasteiger partial charge in [0.1, 0.15) is 0 Å². The number of rotatable bonds is 3. The zero-order chi connectivity index (χ0) is 17.5. The fraction of sp³-hybridized carbons (Fsp3) is 0.188. The van der Waals surface area contributed by atoms with E-state index in [-0.39, 0.29) is 29.3 Å². The molecule has 1 aliphatic rings. The summed E-state index contributed by atoms with van der Waals surface area (Å²) in [5, 5.41) is 10.9. The standard InChI is InChI=1S/C16H14N2O5S/c1-11-4-2-7-14-15(19)8-9-17(16(11)14)24(22,23)13-6-3-5-12(10-13)18(20)21/h2-7,10H,8-9H2,1H3. The number of hydrogen-bond acceptors (Lipinski definition) is 5. The van der Waals surface area contributed by atoms with Crippen molar-refractivity contribution < 1.29 is 18.1 Å². The van der Waals surface area contributed by atoms with Gasteiger partial charge >= 0.3 is 0 Å². The predicted octanol–water partition coefficient (Wildman–Crippen LogP) is 2.68. The van der Waals surface area contributed by atoms with Gasteiger partial charge in [-0.25, -0.2) is 8.42 Å². The van der Waals surface area contributed by atoms with Crippen molar-refractivity contribution in [2.24, 2.45) is 0 Å². The number of nitro benzene ring substituents is 1. The molecule has 0 saturated heterocycles. The van der Waals surface area contributed by atoms with Crippen molar-refractivity contribution >= 4 is 27.2 Å². The molecule has 0 atom stereocenters. The van der Waals surface area contributed by atoms with E-state index >= 15 is 0 Å². The Bertz CT molecular complexity index is 953. The lowest BCUT2D eigenvalue weighted by Gasteiger charge is -2.31. The third-order valence-electron chi connectivity index (χ3n) is 3.95. The number of hydrogen-bond donors (Lipinski definition) is 0. The summed E-state index contributed by atoms with van der Waals surface area (Å²) in [4.78, 5) is 22.2. The average molecular weight is 346 g/mol. The molecule has 0 aromatic heterocycles. The summed E-state index contributed by atoms with van der Waals surface area (Å²) in [6, 6.07) is 9.94. The Morgan fingerprint density at radius 3 is 2.58 bits per heavy atom. The molecular weight excluding hydrogens is 332 g/mol. The summed E-state index contributed by atoms with van der Waals surface area (Å²) < 4.78 is 27.1. The summed E-state index contributed by atoms with van der Waals surface area (Å²) >= 11 is 0. The zero-order valence-corrected chi connectivity index (χ0v) is 13.6. The first kappa shape index (κ1) is 16.1. The molecule has 0 fully saturated rings. The summed E-state index contributed by atoms with van der Waals surface area (Å²) in [7, 11) is -4.00. The van der Waals surface area contributed by atoms with Gasteiger partial charge in [0.25, 0.3) is 15.7 Å². The molecule has 0 aliphatic carbocycles. The highest BCUT2D eigenvalue weighted by atomic mass is 32.2. The van der Waals surface area contributed by atoms with Crippen molar-refractivity contribution in [1.29, 1.82) is 0 Å². The Labute approximate surface area is 138 Å². The van der Waals surface area contributed by atoms with Gasteiger partial charge in [-0.15, -0.1) is 0 Å². The highest BCUT2D eigenvalue weighted by Crippen LogP contribution is 2.35. The summed E-state index contributed by atoms with van der Waals surface area (Å²) in [5.74, 6) is -0.112. The molecule has 8 heteroatoms. The summed E-state index contributed by atoms with van der Waals surface area (Å²) in [5.41, 5.74) is 1.07. The molecule has 0 saturated carbocycles. The van der Waals surface area contributed by atoms with E-state index in [1.807, 2.05) is 0 Å². The van der Waals surface area contributed by atoms with Crippen molar-refractivity contribution in [3.63, 3.8) is 0 Å². The number of carbonyl (C=O) groups is 1. The molecule has 0 spiro atoms. The van der Waals surface area contributed by atoms with Crippen LogP contribution in [0.1, 0.15) is 22.3 Å². The molecule has 1 heterocycles. The van der Waals surface area contributed by atoms with Gasteiger partial charge in [-0.3, -0.25) is 19.2 Å². The van der Waals surface area contributed by atoms with Crippen LogP contribution < -0.4 is 4.31 Å². The Morgan fingerprint density at radius 2 is 1.88 bits per heavy atom. The number of nitro groups is 1. The van der Waals surface area contributed by atoms with Crippen LogP contribution in [0.4, 0.5) is 11.4 Å². The smallest absolute Gasteiger partial charge is 0.270 e. The lowest BCUT2D eigenvalue weighted by Crippen LogP contribution is -2.38. The normalized spacial score (nSPS) is 14.4. The van der Waals surface area contributed by atoms with Crippen molar-refractivity contribution in [3.05, 3.63) is 63.7 Å². The maximum absolute atomic E-state index is 13.0. The van der Waals surface area contributed by atoms with E-state index in [2.05, 4.69) is 0 Å². The second-order valence-corrected chi connectivity index (χ2v) is 7.34. The number of sulfonamides is 1. The molecule has 7 nitrogen and oxygen atoms in total. The van der Waals surface area contributed by atoms with Gasteiger partial charge in [0.15, 0.2) is 5.78 Å². The molecule has 0 amide bonds. The SMILES string of the molecule is Cc1cccc2c1N(S(=O)(=O)c1cccc([N+](=O)[O-])c1)CCC2=O. The van der Waals surface area contributed by atoms with Gasteiger partial charge in [-0.1, -0.05) is 18.2 Å². The minimum Gasteiger partial charge on any atom is -0.294 e. The second-order valence-electron chi connectivity index (χ2n) is 5.48. The minimum absolute atomic E-state index is 0.0156. The number of nitrogens with zero attached hydrogens (tertiary/aromatic N) is 2. The van der Waals surface area contributed by atoms with Gasteiger partial charge < -0.3 is 0 Å². The Kier molecular flexibility index (Phi) is 3.84. The van der Waals surface area contributed by atoms with E-state index in [0.717, 1.165) is 10.4 Å². The van der Waals surface area contributed by atoms with Gasteiger partial charge in [0.2, 0.25) is 0 Å². The molecule has 0 radical (unpaired) electrons. The first-order valence-electron chi connectivity index (χ1n) is 7.22. The molecule has 2 aromatic rings. The predicted molar refractivity (Wildman–Crippen MR) is 87.8 cm³/mol. The van der Waals surface area contributed by atoms with Gasteiger partial charge in [-0.2, -0.15) is 0 Å². The number of carbonyl (C=O) groups excluding carboxylic acids is 1. The van der Waals surface area contributed by atoms with Crippen LogP contribution in [0.3, 0.4) is 0 Å². The molecule has 124 valence electrons. The molecule has 24 heavy (non-hydrogen) atoms. The molecule has 0 unspecified atom stereocenters. The first-order valence-corrected chi connectivity index (χ1v) is 8.66. The lowest BCUT2D eigenvalue weighted by molar-refractivity contribution is -0.385. The summed E-state index contributed by atoms with van der Waals surface area (Å²) in [6.45, 7) is 1.75. The fourth-order valence-electron chi connectivity index (χ4n) is 2.79. The Morgan fingerprint density at radius 1 is 1.17 bits per heavy atom. The van der Waals surface area contributed by atoms with Crippen LogP contribution in [0.2, 0.25) is 0 Å². The molecule has 2 aromatic carbocycles. The zero-order valence-electron chi connectivity index (χ0n) is 12.8. The largest absolute Gasteiger partial charge is 0.294 e. The van der Waals surface area contributed by atoms with Crippen molar-refractivity contribution in [1.82, 2.24) is 0 Å². The van der Waals surface area contributed by atoms with Gasteiger partial charge in [-0.05, 0) is 24.6 Å². The van der Waals surface area contributed by atoms with Crippen LogP contribution in [-0.2, 0) is 10.0 Å². The van der Waals surface area contributed by atoms with Crippen LogP contribution in [0.5, 0.6) is 0 Å². The average Bonchev–Trinajstić information content (AvgIpc) is 2.56. The molecular formula is C16H14N2O5S. The number of fused-ring (bicyclic) bond motifs is 1. The van der Waals surface area contributed by atoms with Crippen molar-refractivity contribution in [3.8, 4) is 0 Å². The maximum atomic E-state index is 13.0. The van der Waals surface area contributed by atoms with E-state index in [4.69, 9.17) is 0 Å².